The fourth-order valence-corrected chi connectivity index (χ4v) is 2.81. The fourth-order valence-electron chi connectivity index (χ4n) is 2.81. The minimum atomic E-state index is -0.435. The van der Waals surface area contributed by atoms with Crippen molar-refractivity contribution in [2.75, 3.05) is 0 Å². The standard InChI is InChI=1S/C16H18N2O2/c19-14-9-2-1-8-13(14)18-16(20)12-7-3-5-11-6-4-10-17-15(11)12/h3-7,10,13-14,19H,1-2,8-9H2,(H,18,20). The van der Waals surface area contributed by atoms with E-state index in [0.29, 0.717) is 11.1 Å². The molecule has 1 aliphatic carbocycles. The molecule has 1 fully saturated rings. The van der Waals surface area contributed by atoms with Gasteiger partial charge >= 0.3 is 0 Å². The largest absolute Gasteiger partial charge is 0.391 e. The molecule has 20 heavy (non-hydrogen) atoms. The highest BCUT2D eigenvalue weighted by molar-refractivity contribution is 6.05. The Hall–Kier alpha value is -1.94. The Kier molecular flexibility index (Phi) is 3.65. The van der Waals surface area contributed by atoms with Crippen molar-refractivity contribution in [3.63, 3.8) is 0 Å². The van der Waals surface area contributed by atoms with E-state index in [1.807, 2.05) is 24.3 Å². The Balaban J connectivity index is 1.85. The van der Waals surface area contributed by atoms with Crippen LogP contribution in [0.2, 0.25) is 0 Å². The molecule has 1 saturated carbocycles. The van der Waals surface area contributed by atoms with Crippen LogP contribution in [0, 0.1) is 0 Å². The quantitative estimate of drug-likeness (QED) is 0.880. The number of nitrogens with one attached hydrogen (secondary N) is 1. The molecule has 0 bridgehead atoms. The average molecular weight is 270 g/mol. The summed E-state index contributed by atoms with van der Waals surface area (Å²) in [6.07, 6.45) is 4.94. The summed E-state index contributed by atoms with van der Waals surface area (Å²) < 4.78 is 0. The van der Waals surface area contributed by atoms with Crippen LogP contribution in [-0.4, -0.2) is 28.1 Å². The van der Waals surface area contributed by atoms with Crippen LogP contribution in [0.15, 0.2) is 36.5 Å². The van der Waals surface area contributed by atoms with Gasteiger partial charge in [-0.05, 0) is 25.0 Å². The van der Waals surface area contributed by atoms with E-state index in [-0.39, 0.29) is 11.9 Å². The Bertz CT molecular complexity index is 621. The highest BCUT2D eigenvalue weighted by atomic mass is 16.3. The molecule has 1 heterocycles. The Morgan fingerprint density at radius 3 is 2.85 bits per heavy atom. The van der Waals surface area contributed by atoms with Gasteiger partial charge in [0.1, 0.15) is 0 Å². The number of aromatic nitrogens is 1. The van der Waals surface area contributed by atoms with Gasteiger partial charge in [-0.1, -0.05) is 31.0 Å². The summed E-state index contributed by atoms with van der Waals surface area (Å²) in [5, 5.41) is 13.8. The van der Waals surface area contributed by atoms with E-state index in [2.05, 4.69) is 10.3 Å². The second kappa shape index (κ2) is 5.59. The van der Waals surface area contributed by atoms with Crippen LogP contribution < -0.4 is 5.32 Å². The lowest BCUT2D eigenvalue weighted by Gasteiger charge is -2.28. The molecule has 2 N–H and O–H groups in total. The van der Waals surface area contributed by atoms with Crippen molar-refractivity contribution < 1.29 is 9.90 Å². The number of carbonyl (C=O) groups excluding carboxylic acids is 1. The zero-order valence-electron chi connectivity index (χ0n) is 11.2. The predicted molar refractivity (Wildman–Crippen MR) is 77.5 cm³/mol. The van der Waals surface area contributed by atoms with Crippen molar-refractivity contribution in [3.05, 3.63) is 42.1 Å². The summed E-state index contributed by atoms with van der Waals surface area (Å²) in [5.74, 6) is -0.153. The van der Waals surface area contributed by atoms with E-state index in [0.717, 1.165) is 31.1 Å². The Labute approximate surface area is 117 Å². The highest BCUT2D eigenvalue weighted by Crippen LogP contribution is 2.20. The molecule has 0 saturated heterocycles. The van der Waals surface area contributed by atoms with Gasteiger partial charge in [0, 0.05) is 11.6 Å². The van der Waals surface area contributed by atoms with Gasteiger partial charge in [0.2, 0.25) is 0 Å². The molecule has 0 spiro atoms. The number of rotatable bonds is 2. The molecule has 0 radical (unpaired) electrons. The topological polar surface area (TPSA) is 62.2 Å². The number of para-hydroxylation sites is 1. The number of pyridine rings is 1. The summed E-state index contributed by atoms with van der Waals surface area (Å²) in [6, 6.07) is 9.23. The first kappa shape index (κ1) is 13.1. The lowest BCUT2D eigenvalue weighted by atomic mass is 9.92. The minimum absolute atomic E-state index is 0.143. The maximum atomic E-state index is 12.4. The third-order valence-corrected chi connectivity index (χ3v) is 3.92. The van der Waals surface area contributed by atoms with Crippen LogP contribution in [0.1, 0.15) is 36.0 Å². The van der Waals surface area contributed by atoms with Gasteiger partial charge in [0.15, 0.2) is 0 Å². The summed E-state index contributed by atoms with van der Waals surface area (Å²) in [4.78, 5) is 16.7. The predicted octanol–water partition coefficient (Wildman–Crippen LogP) is 2.27. The molecule has 2 atom stereocenters. The van der Waals surface area contributed by atoms with E-state index < -0.39 is 6.10 Å². The fraction of sp³-hybridized carbons (Fsp3) is 0.375. The molecule has 1 amide bonds. The van der Waals surface area contributed by atoms with E-state index in [9.17, 15) is 9.90 Å². The summed E-state index contributed by atoms with van der Waals surface area (Å²) >= 11 is 0. The molecular formula is C16H18N2O2. The first-order valence-corrected chi connectivity index (χ1v) is 7.08. The number of fused-ring (bicyclic) bond motifs is 1. The van der Waals surface area contributed by atoms with Gasteiger partial charge < -0.3 is 10.4 Å². The van der Waals surface area contributed by atoms with Gasteiger partial charge in [-0.25, -0.2) is 0 Å². The molecule has 3 rings (SSSR count). The van der Waals surface area contributed by atoms with Crippen LogP contribution in [0.5, 0.6) is 0 Å². The number of aliphatic hydroxyl groups is 1. The van der Waals surface area contributed by atoms with Crippen LogP contribution in [0.4, 0.5) is 0 Å². The number of carbonyl (C=O) groups is 1. The minimum Gasteiger partial charge on any atom is -0.391 e. The van der Waals surface area contributed by atoms with Gasteiger partial charge in [0.05, 0.1) is 23.2 Å². The average Bonchev–Trinajstić information content (AvgIpc) is 2.49. The third kappa shape index (κ3) is 2.51. The van der Waals surface area contributed by atoms with Gasteiger partial charge in [-0.3, -0.25) is 9.78 Å². The van der Waals surface area contributed by atoms with Crippen molar-refractivity contribution in [1.82, 2.24) is 10.3 Å². The number of nitrogens with zero attached hydrogens (tertiary/aromatic N) is 1. The molecule has 1 aliphatic rings. The van der Waals surface area contributed by atoms with Crippen LogP contribution in [0.3, 0.4) is 0 Å². The lowest BCUT2D eigenvalue weighted by Crippen LogP contribution is -2.45. The normalized spacial score (nSPS) is 22.6. The zero-order chi connectivity index (χ0) is 13.9. The number of amides is 1. The highest BCUT2D eigenvalue weighted by Gasteiger charge is 2.25. The van der Waals surface area contributed by atoms with Crippen molar-refractivity contribution in [2.24, 2.45) is 0 Å². The number of benzene rings is 1. The number of aliphatic hydroxyl groups excluding tert-OH is 1. The molecule has 104 valence electrons. The smallest absolute Gasteiger partial charge is 0.253 e. The maximum Gasteiger partial charge on any atom is 0.253 e. The van der Waals surface area contributed by atoms with Crippen molar-refractivity contribution >= 4 is 16.8 Å². The Morgan fingerprint density at radius 2 is 2.00 bits per heavy atom. The summed E-state index contributed by atoms with van der Waals surface area (Å²) in [6.45, 7) is 0. The second-order valence-corrected chi connectivity index (χ2v) is 5.31. The van der Waals surface area contributed by atoms with Crippen LogP contribution >= 0.6 is 0 Å². The SMILES string of the molecule is O=C(NC1CCCCC1O)c1cccc2cccnc12. The summed E-state index contributed by atoms with van der Waals surface area (Å²) in [5.41, 5.74) is 1.28. The Morgan fingerprint density at radius 1 is 1.20 bits per heavy atom. The number of hydrogen-bond donors (Lipinski definition) is 2. The molecule has 1 aromatic carbocycles. The van der Waals surface area contributed by atoms with Crippen molar-refractivity contribution in [1.29, 1.82) is 0 Å². The van der Waals surface area contributed by atoms with Gasteiger partial charge in [-0.15, -0.1) is 0 Å². The maximum absolute atomic E-state index is 12.4. The van der Waals surface area contributed by atoms with Gasteiger partial charge in [-0.2, -0.15) is 0 Å². The van der Waals surface area contributed by atoms with Crippen molar-refractivity contribution in [3.8, 4) is 0 Å². The first-order chi connectivity index (χ1) is 9.75. The van der Waals surface area contributed by atoms with Crippen LogP contribution in [0.25, 0.3) is 10.9 Å². The monoisotopic (exact) mass is 270 g/mol. The first-order valence-electron chi connectivity index (χ1n) is 7.08. The molecule has 2 aromatic rings. The van der Waals surface area contributed by atoms with E-state index in [1.165, 1.54) is 0 Å². The van der Waals surface area contributed by atoms with E-state index in [4.69, 9.17) is 0 Å². The van der Waals surface area contributed by atoms with E-state index >= 15 is 0 Å². The number of hydrogen-bond acceptors (Lipinski definition) is 3. The molecule has 4 heteroatoms. The lowest BCUT2D eigenvalue weighted by molar-refractivity contribution is 0.0718. The van der Waals surface area contributed by atoms with Gasteiger partial charge in [0.25, 0.3) is 5.91 Å². The molecule has 1 aromatic heterocycles. The molecule has 4 nitrogen and oxygen atoms in total. The van der Waals surface area contributed by atoms with Crippen LogP contribution in [-0.2, 0) is 0 Å². The third-order valence-electron chi connectivity index (χ3n) is 3.92. The van der Waals surface area contributed by atoms with Crippen molar-refractivity contribution in [2.45, 2.75) is 37.8 Å². The molecule has 2 unspecified atom stereocenters. The zero-order valence-corrected chi connectivity index (χ0v) is 11.2. The van der Waals surface area contributed by atoms with E-state index in [1.54, 1.807) is 12.3 Å². The second-order valence-electron chi connectivity index (χ2n) is 5.31. The molecule has 0 aliphatic heterocycles. The molecular weight excluding hydrogens is 252 g/mol. The summed E-state index contributed by atoms with van der Waals surface area (Å²) in [7, 11) is 0.